The van der Waals surface area contributed by atoms with E-state index in [1.54, 1.807) is 24.3 Å². The molecule has 0 radical (unpaired) electrons. The van der Waals surface area contributed by atoms with Gasteiger partial charge in [-0.2, -0.15) is 13.9 Å². The van der Waals surface area contributed by atoms with Gasteiger partial charge in [-0.05, 0) is 18.9 Å². The molecular formula is C15H13F2N3O. The largest absolute Gasteiger partial charge is 0.339 e. The lowest BCUT2D eigenvalue weighted by molar-refractivity contribution is -0.117. The maximum absolute atomic E-state index is 14.0. The maximum atomic E-state index is 14.0. The van der Waals surface area contributed by atoms with Crippen molar-refractivity contribution in [3.05, 3.63) is 42.1 Å². The minimum absolute atomic E-state index is 0.355. The third-order valence-electron chi connectivity index (χ3n) is 2.75. The van der Waals surface area contributed by atoms with Gasteiger partial charge in [0, 0.05) is 5.56 Å². The molecule has 1 aromatic carbocycles. The zero-order valence-electron chi connectivity index (χ0n) is 11.3. The van der Waals surface area contributed by atoms with Crippen LogP contribution in [0.5, 0.6) is 0 Å². The molecule has 108 valence electrons. The number of rotatable bonds is 4. The number of aromatic nitrogens is 2. The Hall–Kier alpha value is -2.68. The van der Waals surface area contributed by atoms with Crippen LogP contribution in [-0.4, -0.2) is 22.6 Å². The molecule has 6 heteroatoms. The van der Waals surface area contributed by atoms with E-state index in [0.717, 1.165) is 5.56 Å². The number of carbonyl (C=O) groups excluding carboxylic acids is 1. The quantitative estimate of drug-likeness (QED) is 0.849. The van der Waals surface area contributed by atoms with Gasteiger partial charge in [0.15, 0.2) is 0 Å². The molecule has 2 rings (SSSR count). The summed E-state index contributed by atoms with van der Waals surface area (Å²) in [5.41, 5.74) is 0.799. The molecule has 21 heavy (non-hydrogen) atoms. The number of alkyl halides is 2. The van der Waals surface area contributed by atoms with Gasteiger partial charge in [-0.3, -0.25) is 9.89 Å². The molecule has 0 bridgehead atoms. The van der Waals surface area contributed by atoms with Crippen molar-refractivity contribution in [3.8, 4) is 23.1 Å². The third-order valence-corrected chi connectivity index (χ3v) is 2.75. The summed E-state index contributed by atoms with van der Waals surface area (Å²) < 4.78 is 27.9. The van der Waals surface area contributed by atoms with Crippen molar-refractivity contribution in [1.29, 1.82) is 0 Å². The fraction of sp³-hybridized carbons (Fsp3) is 0.200. The molecule has 0 aliphatic rings. The molecule has 0 aliphatic heterocycles. The number of amides is 1. The topological polar surface area (TPSA) is 57.8 Å². The molecule has 1 heterocycles. The van der Waals surface area contributed by atoms with Crippen molar-refractivity contribution in [1.82, 2.24) is 15.5 Å². The number of benzene rings is 1. The highest BCUT2D eigenvalue weighted by Gasteiger charge is 2.34. The first kappa shape index (κ1) is 14.7. The molecule has 2 aromatic rings. The summed E-state index contributed by atoms with van der Waals surface area (Å²) in [6.45, 7) is 0.621. The fourth-order valence-electron chi connectivity index (χ4n) is 1.71. The van der Waals surface area contributed by atoms with Crippen LogP contribution in [-0.2, 0) is 10.7 Å². The van der Waals surface area contributed by atoms with Gasteiger partial charge in [0.1, 0.15) is 5.69 Å². The summed E-state index contributed by atoms with van der Waals surface area (Å²) >= 11 is 0. The Morgan fingerprint density at radius 3 is 2.76 bits per heavy atom. The van der Waals surface area contributed by atoms with E-state index in [0.29, 0.717) is 5.69 Å². The van der Waals surface area contributed by atoms with E-state index in [1.807, 2.05) is 6.07 Å². The van der Waals surface area contributed by atoms with Crippen molar-refractivity contribution in [2.24, 2.45) is 0 Å². The van der Waals surface area contributed by atoms with E-state index in [9.17, 15) is 13.6 Å². The molecule has 0 atom stereocenters. The Labute approximate surface area is 120 Å². The van der Waals surface area contributed by atoms with Gasteiger partial charge in [0.2, 0.25) is 0 Å². The Morgan fingerprint density at radius 1 is 1.38 bits per heavy atom. The molecule has 0 fully saturated rings. The van der Waals surface area contributed by atoms with Crippen LogP contribution in [0.25, 0.3) is 11.3 Å². The van der Waals surface area contributed by atoms with E-state index in [4.69, 9.17) is 0 Å². The minimum Gasteiger partial charge on any atom is -0.339 e. The van der Waals surface area contributed by atoms with Crippen molar-refractivity contribution >= 4 is 5.91 Å². The first-order valence-corrected chi connectivity index (χ1v) is 6.22. The SMILES string of the molecule is CC#CC(=O)NCC(F)(F)c1cc(-c2ccccc2)n[nH]1. The highest BCUT2D eigenvalue weighted by molar-refractivity contribution is 5.93. The van der Waals surface area contributed by atoms with E-state index in [-0.39, 0.29) is 5.69 Å². The lowest BCUT2D eigenvalue weighted by Gasteiger charge is -2.13. The van der Waals surface area contributed by atoms with Crippen LogP contribution in [0.2, 0.25) is 0 Å². The maximum Gasteiger partial charge on any atom is 0.306 e. The second-order valence-corrected chi connectivity index (χ2v) is 4.30. The van der Waals surface area contributed by atoms with Crippen LogP contribution in [0, 0.1) is 11.8 Å². The second kappa shape index (κ2) is 6.18. The summed E-state index contributed by atoms with van der Waals surface area (Å²) in [6, 6.07) is 10.2. The zero-order chi connectivity index (χ0) is 15.3. The molecule has 0 unspecified atom stereocenters. The predicted octanol–water partition coefficient (Wildman–Crippen LogP) is 2.31. The van der Waals surface area contributed by atoms with Crippen molar-refractivity contribution in [2.75, 3.05) is 6.54 Å². The lowest BCUT2D eigenvalue weighted by Crippen LogP contribution is -2.34. The van der Waals surface area contributed by atoms with E-state index in [1.165, 1.54) is 13.0 Å². The molecular weight excluding hydrogens is 276 g/mol. The number of halogens is 2. The lowest BCUT2D eigenvalue weighted by atomic mass is 10.1. The monoisotopic (exact) mass is 289 g/mol. The number of nitrogens with zero attached hydrogens (tertiary/aromatic N) is 1. The smallest absolute Gasteiger partial charge is 0.306 e. The van der Waals surface area contributed by atoms with Gasteiger partial charge < -0.3 is 5.32 Å². The highest BCUT2D eigenvalue weighted by Crippen LogP contribution is 2.28. The van der Waals surface area contributed by atoms with Crippen LogP contribution in [0.1, 0.15) is 12.6 Å². The van der Waals surface area contributed by atoms with Crippen molar-refractivity contribution < 1.29 is 13.6 Å². The van der Waals surface area contributed by atoms with Gasteiger partial charge >= 0.3 is 5.92 Å². The van der Waals surface area contributed by atoms with Gasteiger partial charge in [-0.1, -0.05) is 36.3 Å². The Bertz CT molecular complexity index is 684. The first-order chi connectivity index (χ1) is 10.0. The summed E-state index contributed by atoms with van der Waals surface area (Å²) in [5.74, 6) is 0.502. The highest BCUT2D eigenvalue weighted by atomic mass is 19.3. The minimum atomic E-state index is -3.24. The number of aromatic amines is 1. The van der Waals surface area contributed by atoms with Crippen LogP contribution >= 0.6 is 0 Å². The van der Waals surface area contributed by atoms with E-state index < -0.39 is 18.4 Å². The molecule has 0 spiro atoms. The number of H-pyrrole nitrogens is 1. The molecule has 0 aliphatic carbocycles. The van der Waals surface area contributed by atoms with Crippen LogP contribution < -0.4 is 5.32 Å². The molecule has 1 aromatic heterocycles. The zero-order valence-corrected chi connectivity index (χ0v) is 11.3. The average Bonchev–Trinajstić information content (AvgIpc) is 2.97. The normalized spacial score (nSPS) is 10.6. The fourth-order valence-corrected chi connectivity index (χ4v) is 1.71. The number of hydrogen-bond acceptors (Lipinski definition) is 2. The third kappa shape index (κ3) is 3.66. The Kier molecular flexibility index (Phi) is 4.33. The second-order valence-electron chi connectivity index (χ2n) is 4.30. The summed E-state index contributed by atoms with van der Waals surface area (Å²) in [5, 5.41) is 8.24. The average molecular weight is 289 g/mol. The molecule has 0 saturated carbocycles. The Balaban J connectivity index is 2.12. The predicted molar refractivity (Wildman–Crippen MR) is 74.4 cm³/mol. The van der Waals surface area contributed by atoms with Crippen molar-refractivity contribution in [3.63, 3.8) is 0 Å². The first-order valence-electron chi connectivity index (χ1n) is 6.22. The van der Waals surface area contributed by atoms with Gasteiger partial charge in [0.25, 0.3) is 5.91 Å². The van der Waals surface area contributed by atoms with E-state index >= 15 is 0 Å². The van der Waals surface area contributed by atoms with Crippen LogP contribution in [0.15, 0.2) is 36.4 Å². The van der Waals surface area contributed by atoms with Gasteiger partial charge in [-0.15, -0.1) is 0 Å². The van der Waals surface area contributed by atoms with Crippen LogP contribution in [0.3, 0.4) is 0 Å². The number of hydrogen-bond donors (Lipinski definition) is 2. The summed E-state index contributed by atoms with van der Waals surface area (Å²) in [4.78, 5) is 11.1. The van der Waals surface area contributed by atoms with Gasteiger partial charge in [-0.25, -0.2) is 0 Å². The standard InChI is InChI=1S/C15H13F2N3O/c1-2-6-14(21)18-10-15(16,17)13-9-12(19-20-13)11-7-4-3-5-8-11/h3-5,7-9H,10H2,1H3,(H,18,21)(H,19,20). The molecule has 1 amide bonds. The van der Waals surface area contributed by atoms with E-state index in [2.05, 4.69) is 27.4 Å². The molecule has 4 nitrogen and oxygen atoms in total. The Morgan fingerprint density at radius 2 is 2.10 bits per heavy atom. The summed E-state index contributed by atoms with van der Waals surface area (Å²) in [7, 11) is 0. The molecule has 0 saturated heterocycles. The number of carbonyl (C=O) groups is 1. The van der Waals surface area contributed by atoms with Gasteiger partial charge in [0.05, 0.1) is 12.2 Å². The number of nitrogens with one attached hydrogen (secondary N) is 2. The van der Waals surface area contributed by atoms with Crippen LogP contribution in [0.4, 0.5) is 8.78 Å². The summed E-state index contributed by atoms with van der Waals surface area (Å²) in [6.07, 6.45) is 0. The van der Waals surface area contributed by atoms with Crippen molar-refractivity contribution in [2.45, 2.75) is 12.8 Å². The molecule has 2 N–H and O–H groups in total.